The Balaban J connectivity index is 2.57. The second kappa shape index (κ2) is 5.54. The summed E-state index contributed by atoms with van der Waals surface area (Å²) in [5.74, 6) is 0.0462. The highest BCUT2D eigenvalue weighted by Gasteiger charge is 2.20. The van der Waals surface area contributed by atoms with E-state index in [4.69, 9.17) is 0 Å². The minimum atomic E-state index is -0.188. The molecule has 1 aromatic heterocycles. The Kier molecular flexibility index (Phi) is 4.57. The minimum Gasteiger partial charge on any atom is -0.351 e. The van der Waals surface area contributed by atoms with E-state index in [1.54, 1.807) is 0 Å². The van der Waals surface area contributed by atoms with Gasteiger partial charge in [0.15, 0.2) is 0 Å². The monoisotopic (exact) mass is 252 g/mol. The molecule has 1 amide bonds. The molecule has 3 nitrogen and oxygen atoms in total. The van der Waals surface area contributed by atoms with Crippen molar-refractivity contribution in [3.05, 3.63) is 23.9 Å². The van der Waals surface area contributed by atoms with Crippen LogP contribution in [0.4, 0.5) is 0 Å². The zero-order valence-electron chi connectivity index (χ0n) is 11.1. The van der Waals surface area contributed by atoms with Gasteiger partial charge in [0.25, 0.3) is 0 Å². The SMILES string of the molecule is Cc1ccc(SC(C)C(=O)NC(C)(C)C)nc1. The maximum absolute atomic E-state index is 11.9. The average Bonchev–Trinajstić information content (AvgIpc) is 2.19. The highest BCUT2D eigenvalue weighted by Crippen LogP contribution is 2.21. The van der Waals surface area contributed by atoms with Gasteiger partial charge in [0.2, 0.25) is 5.91 Å². The van der Waals surface area contributed by atoms with Crippen molar-refractivity contribution in [1.29, 1.82) is 0 Å². The van der Waals surface area contributed by atoms with Crippen molar-refractivity contribution in [2.45, 2.75) is 50.4 Å². The second-order valence-electron chi connectivity index (χ2n) is 5.17. The molecule has 1 aromatic rings. The summed E-state index contributed by atoms with van der Waals surface area (Å²) in [5.41, 5.74) is 0.938. The summed E-state index contributed by atoms with van der Waals surface area (Å²) < 4.78 is 0. The van der Waals surface area contributed by atoms with Gasteiger partial charge in [-0.2, -0.15) is 0 Å². The van der Waals surface area contributed by atoms with Crippen LogP contribution in [0.5, 0.6) is 0 Å². The Hall–Kier alpha value is -1.03. The predicted molar refractivity (Wildman–Crippen MR) is 72.2 cm³/mol. The summed E-state index contributed by atoms with van der Waals surface area (Å²) >= 11 is 1.48. The third kappa shape index (κ3) is 5.22. The van der Waals surface area contributed by atoms with Crippen LogP contribution < -0.4 is 5.32 Å². The molecule has 4 heteroatoms. The fourth-order valence-electron chi connectivity index (χ4n) is 1.23. The molecule has 0 aliphatic carbocycles. The smallest absolute Gasteiger partial charge is 0.233 e. The zero-order valence-corrected chi connectivity index (χ0v) is 11.9. The summed E-state index contributed by atoms with van der Waals surface area (Å²) in [7, 11) is 0. The summed E-state index contributed by atoms with van der Waals surface area (Å²) in [6.45, 7) is 9.83. The molecule has 0 spiro atoms. The van der Waals surface area contributed by atoms with Gasteiger partial charge in [-0.25, -0.2) is 4.98 Å². The fraction of sp³-hybridized carbons (Fsp3) is 0.538. The number of hydrogen-bond acceptors (Lipinski definition) is 3. The molecule has 1 unspecified atom stereocenters. The quantitative estimate of drug-likeness (QED) is 0.841. The van der Waals surface area contributed by atoms with Crippen LogP contribution in [0.2, 0.25) is 0 Å². The maximum Gasteiger partial charge on any atom is 0.233 e. The van der Waals surface area contributed by atoms with Crippen LogP contribution in [0, 0.1) is 6.92 Å². The normalized spacial score (nSPS) is 13.2. The molecule has 0 aliphatic heterocycles. The molecule has 17 heavy (non-hydrogen) atoms. The summed E-state index contributed by atoms with van der Waals surface area (Å²) in [6.07, 6.45) is 1.82. The summed E-state index contributed by atoms with van der Waals surface area (Å²) in [6, 6.07) is 3.95. The van der Waals surface area contributed by atoms with Crippen molar-refractivity contribution in [1.82, 2.24) is 10.3 Å². The van der Waals surface area contributed by atoms with E-state index < -0.39 is 0 Å². The second-order valence-corrected chi connectivity index (χ2v) is 6.53. The number of pyridine rings is 1. The number of nitrogens with zero attached hydrogens (tertiary/aromatic N) is 1. The van der Waals surface area contributed by atoms with E-state index in [9.17, 15) is 4.79 Å². The molecular weight excluding hydrogens is 232 g/mol. The summed E-state index contributed by atoms with van der Waals surface area (Å²) in [4.78, 5) is 16.2. The van der Waals surface area contributed by atoms with Gasteiger partial charge in [-0.15, -0.1) is 0 Å². The number of nitrogens with one attached hydrogen (secondary N) is 1. The van der Waals surface area contributed by atoms with Crippen LogP contribution in [-0.4, -0.2) is 21.7 Å². The van der Waals surface area contributed by atoms with E-state index in [2.05, 4.69) is 10.3 Å². The van der Waals surface area contributed by atoms with Crippen molar-refractivity contribution in [3.8, 4) is 0 Å². The highest BCUT2D eigenvalue weighted by atomic mass is 32.2. The number of thioether (sulfide) groups is 1. The van der Waals surface area contributed by atoms with Crippen LogP contribution >= 0.6 is 11.8 Å². The third-order valence-electron chi connectivity index (χ3n) is 2.05. The number of aromatic nitrogens is 1. The first-order valence-electron chi connectivity index (χ1n) is 5.69. The van der Waals surface area contributed by atoms with Gasteiger partial charge in [0.05, 0.1) is 10.3 Å². The van der Waals surface area contributed by atoms with Crippen molar-refractivity contribution in [2.24, 2.45) is 0 Å². The Morgan fingerprint density at radius 1 is 1.41 bits per heavy atom. The van der Waals surface area contributed by atoms with Crippen molar-refractivity contribution in [3.63, 3.8) is 0 Å². The van der Waals surface area contributed by atoms with Crippen LogP contribution in [0.1, 0.15) is 33.3 Å². The topological polar surface area (TPSA) is 42.0 Å². The Morgan fingerprint density at radius 3 is 2.53 bits per heavy atom. The van der Waals surface area contributed by atoms with Crippen LogP contribution in [0.3, 0.4) is 0 Å². The van der Waals surface area contributed by atoms with E-state index in [0.29, 0.717) is 0 Å². The van der Waals surface area contributed by atoms with Crippen molar-refractivity contribution >= 4 is 17.7 Å². The first-order chi connectivity index (χ1) is 7.78. The fourth-order valence-corrected chi connectivity index (χ4v) is 2.02. The Morgan fingerprint density at radius 2 is 2.06 bits per heavy atom. The van der Waals surface area contributed by atoms with Gasteiger partial charge in [-0.1, -0.05) is 17.8 Å². The first-order valence-corrected chi connectivity index (χ1v) is 6.57. The molecule has 0 saturated heterocycles. The molecule has 1 atom stereocenters. The lowest BCUT2D eigenvalue weighted by molar-refractivity contribution is -0.121. The lowest BCUT2D eigenvalue weighted by atomic mass is 10.1. The first kappa shape index (κ1) is 14.0. The third-order valence-corrected chi connectivity index (χ3v) is 3.10. The molecule has 1 N–H and O–H groups in total. The lowest BCUT2D eigenvalue weighted by Gasteiger charge is -2.22. The molecule has 0 aliphatic rings. The van der Waals surface area contributed by atoms with Crippen molar-refractivity contribution in [2.75, 3.05) is 0 Å². The molecule has 0 fully saturated rings. The number of aryl methyl sites for hydroxylation is 1. The number of amides is 1. The molecule has 1 rings (SSSR count). The van der Waals surface area contributed by atoms with E-state index in [1.807, 2.05) is 52.9 Å². The van der Waals surface area contributed by atoms with E-state index in [0.717, 1.165) is 10.6 Å². The Bertz CT molecular complexity index is 381. The molecule has 1 heterocycles. The van der Waals surface area contributed by atoms with Crippen LogP contribution in [0.25, 0.3) is 0 Å². The van der Waals surface area contributed by atoms with Crippen molar-refractivity contribution < 1.29 is 4.79 Å². The molecule has 0 saturated carbocycles. The van der Waals surface area contributed by atoms with Gasteiger partial charge in [-0.05, 0) is 46.2 Å². The highest BCUT2D eigenvalue weighted by molar-refractivity contribution is 8.00. The largest absolute Gasteiger partial charge is 0.351 e. The molecule has 0 radical (unpaired) electrons. The van der Waals surface area contributed by atoms with Crippen LogP contribution in [-0.2, 0) is 4.79 Å². The predicted octanol–water partition coefficient (Wildman–Crippen LogP) is 2.79. The number of hydrogen-bond donors (Lipinski definition) is 1. The summed E-state index contributed by atoms with van der Waals surface area (Å²) in [5, 5.41) is 3.71. The van der Waals surface area contributed by atoms with Gasteiger partial charge in [0.1, 0.15) is 0 Å². The minimum absolute atomic E-state index is 0.0462. The van der Waals surface area contributed by atoms with Crippen LogP contribution in [0.15, 0.2) is 23.4 Å². The molecule has 0 aromatic carbocycles. The van der Waals surface area contributed by atoms with E-state index in [1.165, 1.54) is 11.8 Å². The number of carbonyl (C=O) groups excluding carboxylic acids is 1. The van der Waals surface area contributed by atoms with Gasteiger partial charge in [-0.3, -0.25) is 4.79 Å². The lowest BCUT2D eigenvalue weighted by Crippen LogP contribution is -2.44. The standard InChI is InChI=1S/C13H20N2OS/c1-9-6-7-11(14-8-9)17-10(2)12(16)15-13(3,4)5/h6-8,10H,1-5H3,(H,15,16). The van der Waals surface area contributed by atoms with E-state index in [-0.39, 0.29) is 16.7 Å². The van der Waals surface area contributed by atoms with Gasteiger partial charge >= 0.3 is 0 Å². The number of carbonyl (C=O) groups is 1. The Labute approximate surface area is 107 Å². The molecular formula is C13H20N2OS. The maximum atomic E-state index is 11.9. The van der Waals surface area contributed by atoms with Gasteiger partial charge < -0.3 is 5.32 Å². The number of rotatable bonds is 3. The zero-order chi connectivity index (χ0) is 13.1. The average molecular weight is 252 g/mol. The van der Waals surface area contributed by atoms with Gasteiger partial charge in [0, 0.05) is 11.7 Å². The van der Waals surface area contributed by atoms with E-state index >= 15 is 0 Å². The molecule has 94 valence electrons. The molecule has 0 bridgehead atoms.